The normalized spacial score (nSPS) is 27.4. The van der Waals surface area contributed by atoms with Crippen LogP contribution in [0.15, 0.2) is 24.3 Å². The molecule has 0 spiro atoms. The average Bonchev–Trinajstić information content (AvgIpc) is 2.37. The van der Waals surface area contributed by atoms with Crippen LogP contribution < -0.4 is 5.32 Å². The highest BCUT2D eigenvalue weighted by molar-refractivity contribution is 5.18. The molecule has 3 heteroatoms. The fraction of sp³-hybridized carbons (Fsp3) is 0.625. The first kappa shape index (κ1) is 14.5. The summed E-state index contributed by atoms with van der Waals surface area (Å²) < 4.78 is 13.8. The highest BCUT2D eigenvalue weighted by Crippen LogP contribution is 2.27. The lowest BCUT2D eigenvalue weighted by atomic mass is 9.88. The fourth-order valence-electron chi connectivity index (χ4n) is 2.57. The van der Waals surface area contributed by atoms with Gasteiger partial charge in [0.2, 0.25) is 0 Å². The molecule has 1 saturated heterocycles. The summed E-state index contributed by atoms with van der Waals surface area (Å²) in [4.78, 5) is 2.39. The molecule has 1 aromatic carbocycles. The van der Waals surface area contributed by atoms with Gasteiger partial charge in [-0.3, -0.25) is 4.90 Å². The van der Waals surface area contributed by atoms with E-state index in [0.29, 0.717) is 6.54 Å². The number of rotatable bonds is 3. The Morgan fingerprint density at radius 3 is 2.58 bits per heavy atom. The Balaban J connectivity index is 2.18. The molecule has 1 heterocycles. The Labute approximate surface area is 116 Å². The number of benzene rings is 1. The first-order valence-corrected chi connectivity index (χ1v) is 7.10. The summed E-state index contributed by atoms with van der Waals surface area (Å²) in [5.74, 6) is -0.102. The van der Waals surface area contributed by atoms with E-state index in [4.69, 9.17) is 0 Å². The Morgan fingerprint density at radius 1 is 1.26 bits per heavy atom. The molecule has 1 aliphatic heterocycles. The summed E-state index contributed by atoms with van der Waals surface area (Å²) in [6.07, 6.45) is 1.08. The monoisotopic (exact) mass is 264 g/mol. The van der Waals surface area contributed by atoms with Crippen LogP contribution >= 0.6 is 0 Å². The minimum atomic E-state index is -0.102. The lowest BCUT2D eigenvalue weighted by molar-refractivity contribution is 0.0238. The molecule has 2 nitrogen and oxygen atoms in total. The van der Waals surface area contributed by atoms with Gasteiger partial charge in [0, 0.05) is 36.3 Å². The zero-order valence-corrected chi connectivity index (χ0v) is 12.5. The number of nitrogens with zero attached hydrogens (tertiary/aromatic N) is 1. The van der Waals surface area contributed by atoms with Crippen molar-refractivity contribution in [1.29, 1.82) is 0 Å². The summed E-state index contributed by atoms with van der Waals surface area (Å²) in [6.45, 7) is 11.4. The van der Waals surface area contributed by atoms with Crippen LogP contribution in [0.4, 0.5) is 4.39 Å². The van der Waals surface area contributed by atoms with Gasteiger partial charge in [-0.05, 0) is 33.3 Å². The lowest BCUT2D eigenvalue weighted by Gasteiger charge is -2.50. The molecule has 106 valence electrons. The SMILES string of the molecule is CCC1(C)CN(Cc2ccccc2F)C(C)(C)CN1. The van der Waals surface area contributed by atoms with E-state index in [1.165, 1.54) is 0 Å². The van der Waals surface area contributed by atoms with Crippen molar-refractivity contribution in [3.8, 4) is 0 Å². The van der Waals surface area contributed by atoms with Gasteiger partial charge in [-0.2, -0.15) is 0 Å². The quantitative estimate of drug-likeness (QED) is 0.902. The van der Waals surface area contributed by atoms with Crippen molar-refractivity contribution < 1.29 is 4.39 Å². The molecule has 0 amide bonds. The van der Waals surface area contributed by atoms with Gasteiger partial charge in [-0.1, -0.05) is 25.1 Å². The van der Waals surface area contributed by atoms with E-state index in [0.717, 1.165) is 25.1 Å². The zero-order chi connectivity index (χ0) is 14.1. The van der Waals surface area contributed by atoms with Gasteiger partial charge >= 0.3 is 0 Å². The summed E-state index contributed by atoms with van der Waals surface area (Å²) in [5, 5.41) is 3.63. The number of piperazine rings is 1. The second-order valence-corrected chi connectivity index (χ2v) is 6.53. The van der Waals surface area contributed by atoms with E-state index in [-0.39, 0.29) is 16.9 Å². The second kappa shape index (κ2) is 5.22. The summed E-state index contributed by atoms with van der Waals surface area (Å²) in [6, 6.07) is 7.09. The Hall–Kier alpha value is -0.930. The van der Waals surface area contributed by atoms with Crippen LogP contribution in [0.1, 0.15) is 39.7 Å². The zero-order valence-electron chi connectivity index (χ0n) is 12.5. The maximum Gasteiger partial charge on any atom is 0.127 e. The van der Waals surface area contributed by atoms with Gasteiger partial charge in [-0.25, -0.2) is 4.39 Å². The van der Waals surface area contributed by atoms with Gasteiger partial charge < -0.3 is 5.32 Å². The largest absolute Gasteiger partial charge is 0.308 e. The third kappa shape index (κ3) is 3.15. The van der Waals surface area contributed by atoms with Crippen molar-refractivity contribution in [3.63, 3.8) is 0 Å². The summed E-state index contributed by atoms with van der Waals surface area (Å²) in [7, 11) is 0. The van der Waals surface area contributed by atoms with Crippen LogP contribution in [0.3, 0.4) is 0 Å². The molecule has 1 atom stereocenters. The first-order valence-electron chi connectivity index (χ1n) is 7.10. The van der Waals surface area contributed by atoms with Gasteiger partial charge in [0.1, 0.15) is 5.82 Å². The van der Waals surface area contributed by atoms with Crippen molar-refractivity contribution in [2.24, 2.45) is 0 Å². The predicted molar refractivity (Wildman–Crippen MR) is 77.6 cm³/mol. The van der Waals surface area contributed by atoms with E-state index in [9.17, 15) is 4.39 Å². The highest BCUT2D eigenvalue weighted by Gasteiger charge is 2.39. The summed E-state index contributed by atoms with van der Waals surface area (Å²) in [5.41, 5.74) is 0.966. The fourth-order valence-corrected chi connectivity index (χ4v) is 2.57. The van der Waals surface area contributed by atoms with Crippen LogP contribution in [0.25, 0.3) is 0 Å². The molecule has 1 N–H and O–H groups in total. The smallest absolute Gasteiger partial charge is 0.127 e. The molecular weight excluding hydrogens is 239 g/mol. The molecule has 1 fully saturated rings. The van der Waals surface area contributed by atoms with E-state index in [1.807, 2.05) is 12.1 Å². The standard InChI is InChI=1S/C16H25FN2/c1-5-16(4)12-19(15(2,3)11-18-16)10-13-8-6-7-9-14(13)17/h6-9,18H,5,10-12H2,1-4H3. The topological polar surface area (TPSA) is 15.3 Å². The van der Waals surface area contributed by atoms with E-state index >= 15 is 0 Å². The van der Waals surface area contributed by atoms with Gasteiger partial charge in [0.15, 0.2) is 0 Å². The molecular formula is C16H25FN2. The minimum Gasteiger partial charge on any atom is -0.308 e. The van der Waals surface area contributed by atoms with Crippen molar-refractivity contribution in [3.05, 3.63) is 35.6 Å². The molecule has 1 aliphatic rings. The van der Waals surface area contributed by atoms with Crippen molar-refractivity contribution in [2.75, 3.05) is 13.1 Å². The predicted octanol–water partition coefficient (Wildman–Crippen LogP) is 3.18. The van der Waals surface area contributed by atoms with Crippen LogP contribution in [-0.2, 0) is 6.54 Å². The van der Waals surface area contributed by atoms with E-state index < -0.39 is 0 Å². The van der Waals surface area contributed by atoms with Gasteiger partial charge in [0.05, 0.1) is 0 Å². The summed E-state index contributed by atoms with van der Waals surface area (Å²) >= 11 is 0. The first-order chi connectivity index (χ1) is 8.86. The molecule has 1 unspecified atom stereocenters. The van der Waals surface area contributed by atoms with Crippen molar-refractivity contribution in [1.82, 2.24) is 10.2 Å². The molecule has 2 rings (SSSR count). The van der Waals surface area contributed by atoms with Gasteiger partial charge in [0.25, 0.3) is 0 Å². The minimum absolute atomic E-state index is 0.0525. The molecule has 0 saturated carbocycles. The average molecular weight is 264 g/mol. The van der Waals surface area contributed by atoms with Crippen molar-refractivity contribution in [2.45, 2.75) is 51.7 Å². The molecule has 1 aromatic rings. The maximum atomic E-state index is 13.8. The molecule has 0 aromatic heterocycles. The Bertz CT molecular complexity index is 444. The van der Waals surface area contributed by atoms with Gasteiger partial charge in [-0.15, -0.1) is 0 Å². The van der Waals surface area contributed by atoms with Crippen LogP contribution in [0.2, 0.25) is 0 Å². The maximum absolute atomic E-state index is 13.8. The Morgan fingerprint density at radius 2 is 1.95 bits per heavy atom. The molecule has 19 heavy (non-hydrogen) atoms. The van der Waals surface area contributed by atoms with Crippen LogP contribution in [0, 0.1) is 5.82 Å². The molecule has 0 bridgehead atoms. The van der Waals surface area contributed by atoms with Crippen molar-refractivity contribution >= 4 is 0 Å². The second-order valence-electron chi connectivity index (χ2n) is 6.53. The highest BCUT2D eigenvalue weighted by atomic mass is 19.1. The number of nitrogens with one attached hydrogen (secondary N) is 1. The third-order valence-electron chi connectivity index (χ3n) is 4.44. The lowest BCUT2D eigenvalue weighted by Crippen LogP contribution is -2.66. The third-order valence-corrected chi connectivity index (χ3v) is 4.44. The number of halogens is 1. The van der Waals surface area contributed by atoms with Crippen LogP contribution in [-0.4, -0.2) is 29.1 Å². The Kier molecular flexibility index (Phi) is 3.98. The molecule has 0 aliphatic carbocycles. The molecule has 0 radical (unpaired) electrons. The van der Waals surface area contributed by atoms with Crippen LogP contribution in [0.5, 0.6) is 0 Å². The van der Waals surface area contributed by atoms with E-state index in [2.05, 4.69) is 37.9 Å². The number of hydrogen-bond donors (Lipinski definition) is 1. The number of hydrogen-bond acceptors (Lipinski definition) is 2. The van der Waals surface area contributed by atoms with E-state index in [1.54, 1.807) is 12.1 Å².